The van der Waals surface area contributed by atoms with Crippen LogP contribution in [0.25, 0.3) is 0 Å². The summed E-state index contributed by atoms with van der Waals surface area (Å²) < 4.78 is 29.2. The van der Waals surface area contributed by atoms with Crippen molar-refractivity contribution in [3.63, 3.8) is 0 Å². The minimum Gasteiger partial charge on any atom is -0.468 e. The fourth-order valence-electron chi connectivity index (χ4n) is 2.94. The number of benzene rings is 1. The van der Waals surface area contributed by atoms with Crippen molar-refractivity contribution in [2.24, 2.45) is 5.73 Å². The van der Waals surface area contributed by atoms with Crippen molar-refractivity contribution < 1.29 is 17.9 Å². The molecule has 128 valence electrons. The van der Waals surface area contributed by atoms with Gasteiger partial charge in [0.15, 0.2) is 0 Å². The molecule has 0 spiro atoms. The minimum absolute atomic E-state index is 0.372. The van der Waals surface area contributed by atoms with E-state index in [0.717, 1.165) is 18.4 Å². The molecule has 1 atom stereocenters. The molecule has 0 aliphatic carbocycles. The summed E-state index contributed by atoms with van der Waals surface area (Å²) in [5.41, 5.74) is 7.95. The fourth-order valence-corrected chi connectivity index (χ4v) is 3.81. The van der Waals surface area contributed by atoms with Gasteiger partial charge in [-0.25, -0.2) is 12.7 Å². The summed E-state index contributed by atoms with van der Waals surface area (Å²) in [6.45, 7) is 1.14. The molecule has 2 N–H and O–H groups in total. The van der Waals surface area contributed by atoms with Gasteiger partial charge in [0.2, 0.25) is 10.0 Å². The zero-order chi connectivity index (χ0) is 17.0. The lowest BCUT2D eigenvalue weighted by atomic mass is 9.89. The highest BCUT2D eigenvalue weighted by Crippen LogP contribution is 2.29. The molecule has 1 saturated heterocycles. The Morgan fingerprint density at radius 2 is 1.87 bits per heavy atom. The summed E-state index contributed by atoms with van der Waals surface area (Å²) in [5, 5.41) is 0. The Kier molecular flexibility index (Phi) is 5.78. The first-order valence-corrected chi connectivity index (χ1v) is 9.53. The second kappa shape index (κ2) is 7.42. The Morgan fingerprint density at radius 3 is 2.35 bits per heavy atom. The number of methoxy groups -OCH3 is 1. The zero-order valence-corrected chi connectivity index (χ0v) is 14.4. The van der Waals surface area contributed by atoms with Crippen molar-refractivity contribution in [2.75, 3.05) is 26.5 Å². The second-order valence-electron chi connectivity index (χ2n) is 6.01. The lowest BCUT2D eigenvalue weighted by Crippen LogP contribution is -2.37. The van der Waals surface area contributed by atoms with Crippen molar-refractivity contribution in [1.29, 1.82) is 0 Å². The molecule has 1 aromatic carbocycles. The predicted octanol–water partition coefficient (Wildman–Crippen LogP) is 0.868. The van der Waals surface area contributed by atoms with E-state index in [0.29, 0.717) is 25.4 Å². The van der Waals surface area contributed by atoms with Crippen LogP contribution >= 0.6 is 0 Å². The third-order valence-corrected chi connectivity index (χ3v) is 5.64. The SMILES string of the molecule is COC(=O)[C@@H](N)Cc1ccc(C2CCN(S(C)(=O)=O)CC2)cc1. The average molecular weight is 340 g/mol. The van der Waals surface area contributed by atoms with Gasteiger partial charge >= 0.3 is 5.97 Å². The monoisotopic (exact) mass is 340 g/mol. The quantitative estimate of drug-likeness (QED) is 0.803. The van der Waals surface area contributed by atoms with Gasteiger partial charge in [-0.15, -0.1) is 0 Å². The maximum absolute atomic E-state index is 11.5. The summed E-state index contributed by atoms with van der Waals surface area (Å²) in [5.74, 6) is -0.0430. The molecule has 0 radical (unpaired) electrons. The maximum Gasteiger partial charge on any atom is 0.322 e. The number of nitrogens with two attached hydrogens (primary N) is 1. The Morgan fingerprint density at radius 1 is 1.30 bits per heavy atom. The Hall–Kier alpha value is -1.44. The number of hydrogen-bond donors (Lipinski definition) is 1. The Bertz CT molecular complexity index is 635. The molecule has 0 aromatic heterocycles. The number of carbonyl (C=O) groups is 1. The van der Waals surface area contributed by atoms with Crippen molar-refractivity contribution in [2.45, 2.75) is 31.2 Å². The number of esters is 1. The Labute approximate surface area is 137 Å². The number of ether oxygens (including phenoxy) is 1. The number of sulfonamides is 1. The van der Waals surface area contributed by atoms with Crippen LogP contribution in [0.3, 0.4) is 0 Å². The third kappa shape index (κ3) is 4.76. The van der Waals surface area contributed by atoms with Gasteiger partial charge in [0.25, 0.3) is 0 Å². The van der Waals surface area contributed by atoms with Gasteiger partial charge in [-0.2, -0.15) is 0 Å². The molecular formula is C16H24N2O4S. The fraction of sp³-hybridized carbons (Fsp3) is 0.562. The first-order chi connectivity index (χ1) is 10.8. The topological polar surface area (TPSA) is 89.7 Å². The van der Waals surface area contributed by atoms with E-state index in [2.05, 4.69) is 4.74 Å². The van der Waals surface area contributed by atoms with Crippen LogP contribution in [-0.4, -0.2) is 51.2 Å². The van der Waals surface area contributed by atoms with Crippen LogP contribution in [-0.2, 0) is 26.0 Å². The van der Waals surface area contributed by atoms with E-state index in [1.165, 1.54) is 23.2 Å². The molecule has 1 heterocycles. The van der Waals surface area contributed by atoms with Crippen molar-refractivity contribution >= 4 is 16.0 Å². The van der Waals surface area contributed by atoms with Gasteiger partial charge in [-0.1, -0.05) is 24.3 Å². The van der Waals surface area contributed by atoms with Crippen LogP contribution in [0.2, 0.25) is 0 Å². The van der Waals surface area contributed by atoms with E-state index in [4.69, 9.17) is 5.73 Å². The van der Waals surface area contributed by atoms with Gasteiger partial charge in [0, 0.05) is 13.1 Å². The van der Waals surface area contributed by atoms with Crippen molar-refractivity contribution in [3.8, 4) is 0 Å². The molecule has 0 saturated carbocycles. The van der Waals surface area contributed by atoms with Gasteiger partial charge in [0.05, 0.1) is 13.4 Å². The van der Waals surface area contributed by atoms with Crippen molar-refractivity contribution in [3.05, 3.63) is 35.4 Å². The van der Waals surface area contributed by atoms with Crippen LogP contribution in [0, 0.1) is 0 Å². The summed E-state index contributed by atoms with van der Waals surface area (Å²) in [4.78, 5) is 11.3. The van der Waals surface area contributed by atoms with Crippen LogP contribution in [0.15, 0.2) is 24.3 Å². The molecule has 1 aliphatic heterocycles. The third-order valence-electron chi connectivity index (χ3n) is 4.33. The van der Waals surface area contributed by atoms with Gasteiger partial charge in [-0.3, -0.25) is 4.79 Å². The average Bonchev–Trinajstić information content (AvgIpc) is 2.54. The zero-order valence-electron chi connectivity index (χ0n) is 13.6. The number of carbonyl (C=O) groups excluding carboxylic acids is 1. The van der Waals surface area contributed by atoms with Crippen LogP contribution in [0.1, 0.15) is 29.9 Å². The summed E-state index contributed by atoms with van der Waals surface area (Å²) in [6.07, 6.45) is 3.36. The number of hydrogen-bond acceptors (Lipinski definition) is 5. The molecule has 6 nitrogen and oxygen atoms in total. The highest BCUT2D eigenvalue weighted by molar-refractivity contribution is 7.88. The first kappa shape index (κ1) is 17.9. The van der Waals surface area contributed by atoms with E-state index in [-0.39, 0.29) is 0 Å². The number of piperidine rings is 1. The van der Waals surface area contributed by atoms with Crippen molar-refractivity contribution in [1.82, 2.24) is 4.31 Å². The molecule has 1 fully saturated rings. The standard InChI is InChI=1S/C16H24N2O4S/c1-22-16(19)15(17)11-12-3-5-13(6-4-12)14-7-9-18(10-8-14)23(2,20)21/h3-6,14-15H,7-11,17H2,1-2H3/t15-/m0/s1. The summed E-state index contributed by atoms with van der Waals surface area (Å²) in [7, 11) is -1.76. The smallest absolute Gasteiger partial charge is 0.322 e. The van der Waals surface area contributed by atoms with E-state index in [1.54, 1.807) is 0 Å². The van der Waals surface area contributed by atoms with E-state index < -0.39 is 22.0 Å². The van der Waals surface area contributed by atoms with Gasteiger partial charge in [0.1, 0.15) is 6.04 Å². The molecule has 0 bridgehead atoms. The molecule has 0 amide bonds. The molecular weight excluding hydrogens is 316 g/mol. The lowest BCUT2D eigenvalue weighted by molar-refractivity contribution is -0.142. The van der Waals surface area contributed by atoms with Crippen LogP contribution in [0.5, 0.6) is 0 Å². The second-order valence-corrected chi connectivity index (χ2v) is 7.99. The molecule has 23 heavy (non-hydrogen) atoms. The van der Waals surface area contributed by atoms with E-state index in [1.807, 2.05) is 24.3 Å². The van der Waals surface area contributed by atoms with E-state index >= 15 is 0 Å². The van der Waals surface area contributed by atoms with Gasteiger partial charge < -0.3 is 10.5 Å². The molecule has 1 aromatic rings. The van der Waals surface area contributed by atoms with Crippen LogP contribution < -0.4 is 5.73 Å². The lowest BCUT2D eigenvalue weighted by Gasteiger charge is -2.30. The molecule has 1 aliphatic rings. The normalized spacial score (nSPS) is 18.6. The van der Waals surface area contributed by atoms with Gasteiger partial charge in [-0.05, 0) is 36.3 Å². The summed E-state index contributed by atoms with van der Waals surface area (Å²) >= 11 is 0. The first-order valence-electron chi connectivity index (χ1n) is 7.68. The minimum atomic E-state index is -3.09. The van der Waals surface area contributed by atoms with Crippen LogP contribution in [0.4, 0.5) is 0 Å². The molecule has 7 heteroatoms. The highest BCUT2D eigenvalue weighted by atomic mass is 32.2. The largest absolute Gasteiger partial charge is 0.468 e. The maximum atomic E-state index is 11.5. The highest BCUT2D eigenvalue weighted by Gasteiger charge is 2.25. The van der Waals surface area contributed by atoms with E-state index in [9.17, 15) is 13.2 Å². The summed E-state index contributed by atoms with van der Waals surface area (Å²) in [6, 6.07) is 7.38. The number of nitrogens with zero attached hydrogens (tertiary/aromatic N) is 1. The Balaban J connectivity index is 1.94. The number of rotatable bonds is 5. The predicted molar refractivity (Wildman–Crippen MR) is 88.5 cm³/mol. The molecule has 2 rings (SSSR count). The molecule has 0 unspecified atom stereocenters.